The first kappa shape index (κ1) is 19.4. The van der Waals surface area contributed by atoms with E-state index in [9.17, 15) is 8.42 Å². The molecule has 0 saturated carbocycles. The number of nitrogens with zero attached hydrogens (tertiary/aromatic N) is 5. The summed E-state index contributed by atoms with van der Waals surface area (Å²) in [5.74, 6) is 1.43. The van der Waals surface area contributed by atoms with Gasteiger partial charge in [0.05, 0.1) is 23.6 Å². The normalized spacial score (nSPS) is 20.1. The van der Waals surface area contributed by atoms with Gasteiger partial charge in [-0.05, 0) is 37.7 Å². The number of aromatic nitrogens is 4. The Hall–Kier alpha value is -2.89. The highest BCUT2D eigenvalue weighted by atomic mass is 32.2. The third-order valence-corrected chi connectivity index (χ3v) is 6.32. The molecule has 2 unspecified atom stereocenters. The number of hydrogen-bond donors (Lipinski definition) is 1. The molecule has 1 aliphatic heterocycles. The lowest BCUT2D eigenvalue weighted by atomic mass is 10.2. The minimum atomic E-state index is -3.65. The zero-order chi connectivity index (χ0) is 20.4. The van der Waals surface area contributed by atoms with Crippen molar-refractivity contribution in [2.24, 2.45) is 0 Å². The molecule has 11 heteroatoms. The third kappa shape index (κ3) is 4.11. The highest BCUT2D eigenvalue weighted by Crippen LogP contribution is 2.31. The zero-order valence-corrected chi connectivity index (χ0v) is 16.7. The Balaban J connectivity index is 1.46. The number of hydrogen-bond acceptors (Lipinski definition) is 9. The van der Waals surface area contributed by atoms with Crippen LogP contribution >= 0.6 is 0 Å². The molecule has 10 nitrogen and oxygen atoms in total. The van der Waals surface area contributed by atoms with Crippen molar-refractivity contribution >= 4 is 10.0 Å². The van der Waals surface area contributed by atoms with E-state index in [1.807, 2.05) is 11.9 Å². The van der Waals surface area contributed by atoms with Gasteiger partial charge in [-0.15, -0.1) is 0 Å². The van der Waals surface area contributed by atoms with Crippen LogP contribution in [-0.4, -0.2) is 60.2 Å². The summed E-state index contributed by atoms with van der Waals surface area (Å²) in [7, 11) is -0.228. The molecule has 1 N–H and O–H groups in total. The lowest BCUT2D eigenvalue weighted by Crippen LogP contribution is -2.36. The van der Waals surface area contributed by atoms with Gasteiger partial charge in [-0.1, -0.05) is 5.16 Å². The molecule has 2 atom stereocenters. The van der Waals surface area contributed by atoms with Gasteiger partial charge in [0, 0.05) is 25.0 Å². The Morgan fingerprint density at radius 1 is 1.21 bits per heavy atom. The van der Waals surface area contributed by atoms with Crippen molar-refractivity contribution < 1.29 is 17.7 Å². The molecule has 0 bridgehead atoms. The minimum absolute atomic E-state index is 0.188. The number of sulfonamides is 1. The second kappa shape index (κ2) is 7.85. The third-order valence-electron chi connectivity index (χ3n) is 4.79. The highest BCUT2D eigenvalue weighted by molar-refractivity contribution is 7.89. The molecule has 0 spiro atoms. The van der Waals surface area contributed by atoms with E-state index in [0.29, 0.717) is 36.0 Å². The van der Waals surface area contributed by atoms with Gasteiger partial charge in [0.15, 0.2) is 0 Å². The standard InChI is InChI=1S/C18H20N6O4S/c1-24-10-13(23-29(25,26)15-5-3-14(27-2)4-6-15)7-16(24)18-21-17(22-28-18)12-8-19-11-20-9-12/h3-6,8-9,11,13,16,23H,7,10H2,1-2H3. The summed E-state index contributed by atoms with van der Waals surface area (Å²) in [5.41, 5.74) is 0.653. The summed E-state index contributed by atoms with van der Waals surface area (Å²) in [6, 6.07) is 5.79. The number of likely N-dealkylation sites (tertiary alicyclic amines) is 1. The molecule has 0 aliphatic carbocycles. The van der Waals surface area contributed by atoms with E-state index >= 15 is 0 Å². The van der Waals surface area contributed by atoms with Gasteiger partial charge < -0.3 is 9.26 Å². The highest BCUT2D eigenvalue weighted by Gasteiger charge is 2.36. The van der Waals surface area contributed by atoms with Crippen LogP contribution in [0.15, 0.2) is 52.4 Å². The SMILES string of the molecule is COc1ccc(S(=O)(=O)NC2CC(c3nc(-c4cncnc4)no3)N(C)C2)cc1. The maximum atomic E-state index is 12.7. The predicted molar refractivity (Wildman–Crippen MR) is 102 cm³/mol. The van der Waals surface area contributed by atoms with Crippen molar-refractivity contribution in [3.8, 4) is 17.1 Å². The molecule has 2 aromatic heterocycles. The summed E-state index contributed by atoms with van der Waals surface area (Å²) >= 11 is 0. The topological polar surface area (TPSA) is 123 Å². The number of rotatable bonds is 6. The Kier molecular flexibility index (Phi) is 5.26. The van der Waals surface area contributed by atoms with Gasteiger partial charge in [-0.2, -0.15) is 4.98 Å². The first-order valence-electron chi connectivity index (χ1n) is 8.92. The summed E-state index contributed by atoms with van der Waals surface area (Å²) in [5, 5.41) is 3.99. The maximum Gasteiger partial charge on any atom is 0.244 e. The predicted octanol–water partition coefficient (Wildman–Crippen LogP) is 1.26. The van der Waals surface area contributed by atoms with Crippen molar-refractivity contribution in [1.29, 1.82) is 0 Å². The Labute approximate surface area is 168 Å². The van der Waals surface area contributed by atoms with Crippen molar-refractivity contribution in [3.63, 3.8) is 0 Å². The van der Waals surface area contributed by atoms with Crippen LogP contribution in [0.4, 0.5) is 0 Å². The van der Waals surface area contributed by atoms with Gasteiger partial charge in [0.25, 0.3) is 0 Å². The molecule has 0 radical (unpaired) electrons. The van der Waals surface area contributed by atoms with Gasteiger partial charge in [-0.25, -0.2) is 23.1 Å². The second-order valence-corrected chi connectivity index (χ2v) is 8.48. The molecule has 152 valence electrons. The van der Waals surface area contributed by atoms with Crippen LogP contribution in [0.25, 0.3) is 11.4 Å². The smallest absolute Gasteiger partial charge is 0.244 e. The average molecular weight is 416 g/mol. The number of methoxy groups -OCH3 is 1. The zero-order valence-electron chi connectivity index (χ0n) is 15.9. The fourth-order valence-corrected chi connectivity index (χ4v) is 4.56. The molecule has 1 aromatic carbocycles. The molecular weight excluding hydrogens is 396 g/mol. The fraction of sp³-hybridized carbons (Fsp3) is 0.333. The van der Waals surface area contributed by atoms with Gasteiger partial charge in [0.2, 0.25) is 21.7 Å². The molecule has 4 rings (SSSR count). The molecule has 29 heavy (non-hydrogen) atoms. The van der Waals surface area contributed by atoms with Gasteiger partial charge in [0.1, 0.15) is 12.1 Å². The van der Waals surface area contributed by atoms with Crippen LogP contribution in [0.5, 0.6) is 5.75 Å². The van der Waals surface area contributed by atoms with Gasteiger partial charge in [-0.3, -0.25) is 4.90 Å². The lowest BCUT2D eigenvalue weighted by molar-refractivity contribution is 0.244. The van der Waals surface area contributed by atoms with E-state index in [2.05, 4.69) is 24.8 Å². The second-order valence-electron chi connectivity index (χ2n) is 6.77. The van der Waals surface area contributed by atoms with Crippen LogP contribution in [-0.2, 0) is 10.0 Å². The molecule has 0 amide bonds. The van der Waals surface area contributed by atoms with E-state index < -0.39 is 10.0 Å². The number of nitrogens with one attached hydrogen (secondary N) is 1. The Morgan fingerprint density at radius 3 is 2.62 bits per heavy atom. The molecule has 1 saturated heterocycles. The Morgan fingerprint density at radius 2 is 1.93 bits per heavy atom. The van der Waals surface area contributed by atoms with E-state index in [4.69, 9.17) is 9.26 Å². The maximum absolute atomic E-state index is 12.7. The first-order valence-corrected chi connectivity index (χ1v) is 10.4. The molecule has 1 fully saturated rings. The largest absolute Gasteiger partial charge is 0.497 e. The molecule has 3 heterocycles. The van der Waals surface area contributed by atoms with Crippen LogP contribution in [0.3, 0.4) is 0 Å². The first-order chi connectivity index (χ1) is 14.0. The number of ether oxygens (including phenoxy) is 1. The van der Waals surface area contributed by atoms with Crippen molar-refractivity contribution in [2.75, 3.05) is 20.7 Å². The monoisotopic (exact) mass is 416 g/mol. The quantitative estimate of drug-likeness (QED) is 0.632. The number of likely N-dealkylation sites (N-methyl/N-ethyl adjacent to an activating group) is 1. The summed E-state index contributed by atoms with van der Waals surface area (Å²) in [4.78, 5) is 14.5. The van der Waals surface area contributed by atoms with E-state index in [0.717, 1.165) is 0 Å². The van der Waals surface area contributed by atoms with Gasteiger partial charge >= 0.3 is 0 Å². The molecule has 3 aromatic rings. The summed E-state index contributed by atoms with van der Waals surface area (Å²) < 4.78 is 38.6. The van der Waals surface area contributed by atoms with Crippen molar-refractivity contribution in [2.45, 2.75) is 23.4 Å². The summed E-state index contributed by atoms with van der Waals surface area (Å²) in [6.07, 6.45) is 5.14. The van der Waals surface area contributed by atoms with Crippen molar-refractivity contribution in [3.05, 3.63) is 48.9 Å². The lowest BCUT2D eigenvalue weighted by Gasteiger charge is -2.14. The summed E-state index contributed by atoms with van der Waals surface area (Å²) in [6.45, 7) is 0.520. The number of benzene rings is 1. The van der Waals surface area contributed by atoms with Crippen LogP contribution < -0.4 is 9.46 Å². The van der Waals surface area contributed by atoms with Crippen LogP contribution in [0.2, 0.25) is 0 Å². The average Bonchev–Trinajstić information content (AvgIpc) is 3.35. The molecule has 1 aliphatic rings. The van der Waals surface area contributed by atoms with E-state index in [1.165, 1.54) is 25.6 Å². The van der Waals surface area contributed by atoms with Crippen LogP contribution in [0.1, 0.15) is 18.4 Å². The molecular formula is C18H20N6O4S. The fourth-order valence-electron chi connectivity index (χ4n) is 3.32. The minimum Gasteiger partial charge on any atom is -0.497 e. The van der Waals surface area contributed by atoms with Crippen molar-refractivity contribution in [1.82, 2.24) is 29.7 Å². The van der Waals surface area contributed by atoms with Crippen LogP contribution in [0, 0.1) is 0 Å². The van der Waals surface area contributed by atoms with E-state index in [-0.39, 0.29) is 17.0 Å². The Bertz CT molecular complexity index is 1070. The van der Waals surface area contributed by atoms with E-state index in [1.54, 1.807) is 24.5 Å².